The molecule has 3 atom stereocenters. The first-order chi connectivity index (χ1) is 11.5. The molecule has 0 radical (unpaired) electrons. The first-order valence-corrected chi connectivity index (χ1v) is 12.4. The third kappa shape index (κ3) is 4.29. The van der Waals surface area contributed by atoms with Crippen molar-refractivity contribution in [3.05, 3.63) is 5.82 Å². The van der Waals surface area contributed by atoms with Crippen LogP contribution < -0.4 is 5.32 Å². The molecule has 2 rings (SSSR count). The third-order valence-corrected chi connectivity index (χ3v) is 7.15. The molecule has 1 aromatic rings. The lowest BCUT2D eigenvalue weighted by atomic mass is 9.67. The zero-order valence-corrected chi connectivity index (χ0v) is 18.6. The van der Waals surface area contributed by atoms with E-state index < -0.39 is 14.6 Å². The van der Waals surface area contributed by atoms with Gasteiger partial charge in [0.1, 0.15) is 0 Å². The summed E-state index contributed by atoms with van der Waals surface area (Å²) in [5.74, 6) is 0.514. The second kappa shape index (κ2) is 7.41. The van der Waals surface area contributed by atoms with Gasteiger partial charge in [0.25, 0.3) is 0 Å². The largest absolute Gasteiger partial charge is 0.414 e. The Morgan fingerprint density at radius 1 is 1.40 bits per heavy atom. The fourth-order valence-corrected chi connectivity index (χ4v) is 6.02. The summed E-state index contributed by atoms with van der Waals surface area (Å²) >= 11 is 7.01. The zero-order chi connectivity index (χ0) is 19.0. The molecule has 0 unspecified atom stereocenters. The van der Waals surface area contributed by atoms with E-state index in [0.717, 1.165) is 4.20 Å². The van der Waals surface area contributed by atoms with E-state index >= 15 is 0 Å². The van der Waals surface area contributed by atoms with Crippen LogP contribution in [0.15, 0.2) is 0 Å². The molecule has 25 heavy (non-hydrogen) atoms. The summed E-state index contributed by atoms with van der Waals surface area (Å²) in [5, 5.41) is 14.3. The maximum Gasteiger partial charge on any atom is 0.229 e. The minimum Gasteiger partial charge on any atom is -0.414 e. The van der Waals surface area contributed by atoms with Crippen LogP contribution in [-0.4, -0.2) is 50.3 Å². The number of aromatic nitrogens is 4. The van der Waals surface area contributed by atoms with Gasteiger partial charge in [-0.1, -0.05) is 44.8 Å². The molecule has 1 aliphatic rings. The Bertz CT molecular complexity index is 661. The zero-order valence-electron chi connectivity index (χ0n) is 15.9. The Balaban J connectivity index is 2.12. The summed E-state index contributed by atoms with van der Waals surface area (Å²) in [6.45, 7) is 12.7. The highest BCUT2D eigenvalue weighted by Crippen LogP contribution is 2.47. The summed E-state index contributed by atoms with van der Waals surface area (Å²) in [5.41, 5.74) is -0.698. The van der Waals surface area contributed by atoms with E-state index in [2.05, 4.69) is 61.6 Å². The summed E-state index contributed by atoms with van der Waals surface area (Å²) < 4.78 is 8.76. The van der Waals surface area contributed by atoms with E-state index in [1.54, 1.807) is 11.7 Å². The smallest absolute Gasteiger partial charge is 0.229 e. The number of thioether (sulfide) groups is 1. The van der Waals surface area contributed by atoms with Gasteiger partial charge >= 0.3 is 0 Å². The minimum absolute atomic E-state index is 0.0349. The van der Waals surface area contributed by atoms with Gasteiger partial charge < -0.3 is 9.74 Å². The molecule has 2 heterocycles. The predicted octanol–water partition coefficient (Wildman–Crippen LogP) is 1.69. The summed E-state index contributed by atoms with van der Waals surface area (Å²) in [7, 11) is 0.458. The molecule has 0 aliphatic carbocycles. The van der Waals surface area contributed by atoms with Gasteiger partial charge in [-0.15, -0.1) is 5.10 Å². The highest BCUT2D eigenvalue weighted by molar-refractivity contribution is 8.23. The van der Waals surface area contributed by atoms with Crippen molar-refractivity contribution in [1.29, 1.82) is 0 Å². The molecule has 0 bridgehead atoms. The number of hydrogen-bond donors (Lipinski definition) is 1. The lowest BCUT2D eigenvalue weighted by molar-refractivity contribution is -0.153. The molecule has 140 valence electrons. The number of β-lactam (4-membered cyclic amide) rings is 1. The predicted molar refractivity (Wildman–Crippen MR) is 106 cm³/mol. The molecule has 1 aliphatic heterocycles. The summed E-state index contributed by atoms with van der Waals surface area (Å²) in [6, 6.07) is 0. The van der Waals surface area contributed by atoms with Gasteiger partial charge in [0, 0.05) is 7.05 Å². The van der Waals surface area contributed by atoms with Crippen molar-refractivity contribution in [2.45, 2.75) is 58.2 Å². The Morgan fingerprint density at radius 2 is 2.04 bits per heavy atom. The number of tetrazole rings is 1. The van der Waals surface area contributed by atoms with E-state index in [4.69, 9.17) is 16.6 Å². The Labute approximate surface area is 160 Å². The highest BCUT2D eigenvalue weighted by atomic mass is 32.2. The van der Waals surface area contributed by atoms with Crippen LogP contribution in [0.5, 0.6) is 0 Å². The van der Waals surface area contributed by atoms with Crippen LogP contribution >= 0.6 is 24.0 Å². The SMILES string of the molecule is Cn1nnnc1CC(=S)S[C@H]1NC(=O)[C@H]1[C@](C)(O[SiH](C)C)C(C)(C)C. The standard InChI is InChI=1S/C15H27N5O2S2Si/c1-14(2,3)15(4,22-25(6)7)11-12(21)16-13(11)24-10(23)8-9-17-18-19-20(9)5/h11,13,25H,8H2,1-7H3,(H,16,21)/t11-,13-,15+/m1/s1. The number of amides is 1. The minimum atomic E-state index is -1.33. The molecule has 1 saturated heterocycles. The van der Waals surface area contributed by atoms with Crippen molar-refractivity contribution in [1.82, 2.24) is 25.5 Å². The number of nitrogens with one attached hydrogen (secondary N) is 1. The lowest BCUT2D eigenvalue weighted by Gasteiger charge is -2.54. The topological polar surface area (TPSA) is 81.9 Å². The molecular formula is C15H27N5O2S2Si. The van der Waals surface area contributed by atoms with Gasteiger partial charge in [0.05, 0.1) is 27.5 Å². The fraction of sp³-hybridized carbons (Fsp3) is 0.800. The highest BCUT2D eigenvalue weighted by Gasteiger charge is 2.57. The molecule has 0 spiro atoms. The number of carbonyl (C=O) groups excluding carboxylic acids is 1. The maximum atomic E-state index is 12.4. The van der Waals surface area contributed by atoms with Gasteiger partial charge in [-0.25, -0.2) is 4.68 Å². The van der Waals surface area contributed by atoms with E-state index in [9.17, 15) is 4.79 Å². The van der Waals surface area contributed by atoms with Gasteiger partial charge in [0.2, 0.25) is 5.91 Å². The van der Waals surface area contributed by atoms with E-state index in [1.807, 2.05) is 0 Å². The molecule has 7 nitrogen and oxygen atoms in total. The van der Waals surface area contributed by atoms with Crippen molar-refractivity contribution >= 4 is 43.1 Å². The summed E-state index contributed by atoms with van der Waals surface area (Å²) in [4.78, 5) is 12.4. The van der Waals surface area contributed by atoms with Crippen molar-refractivity contribution in [3.63, 3.8) is 0 Å². The first-order valence-electron chi connectivity index (χ1n) is 8.34. The van der Waals surface area contributed by atoms with Crippen molar-refractivity contribution in [3.8, 4) is 0 Å². The van der Waals surface area contributed by atoms with E-state index in [1.165, 1.54) is 11.8 Å². The molecule has 1 N–H and O–H groups in total. The quantitative estimate of drug-likeness (QED) is 0.441. The molecule has 10 heteroatoms. The van der Waals surface area contributed by atoms with Crippen LogP contribution in [0.25, 0.3) is 0 Å². The fourth-order valence-electron chi connectivity index (χ4n) is 2.91. The third-order valence-electron chi connectivity index (χ3n) is 4.70. The van der Waals surface area contributed by atoms with E-state index in [0.29, 0.717) is 12.2 Å². The molecular weight excluding hydrogens is 374 g/mol. The first kappa shape index (κ1) is 20.5. The average molecular weight is 402 g/mol. The van der Waals surface area contributed by atoms with Crippen molar-refractivity contribution in [2.75, 3.05) is 0 Å². The van der Waals surface area contributed by atoms with Crippen LogP contribution in [0.2, 0.25) is 13.1 Å². The lowest BCUT2D eigenvalue weighted by Crippen LogP contribution is -2.69. The second-order valence-corrected chi connectivity index (χ2v) is 12.1. The number of carbonyl (C=O) groups is 1. The maximum absolute atomic E-state index is 12.4. The normalized spacial score (nSPS) is 23.1. The number of rotatable bonds is 6. The van der Waals surface area contributed by atoms with Gasteiger partial charge in [-0.05, 0) is 35.9 Å². The number of hydrogen-bond acceptors (Lipinski definition) is 7. The summed E-state index contributed by atoms with van der Waals surface area (Å²) in [6.07, 6.45) is 0.495. The number of nitrogens with zero attached hydrogens (tertiary/aromatic N) is 4. The van der Waals surface area contributed by atoms with Crippen LogP contribution in [0.1, 0.15) is 33.5 Å². The van der Waals surface area contributed by atoms with Crippen LogP contribution in [0.4, 0.5) is 0 Å². The monoisotopic (exact) mass is 401 g/mol. The van der Waals surface area contributed by atoms with Gasteiger partial charge in [-0.3, -0.25) is 4.79 Å². The number of thiocarbonyl (C=S) groups is 1. The Kier molecular flexibility index (Phi) is 6.07. The molecule has 0 aromatic carbocycles. The Morgan fingerprint density at radius 3 is 2.48 bits per heavy atom. The Hall–Kier alpha value is -0.843. The van der Waals surface area contributed by atoms with E-state index in [-0.39, 0.29) is 22.6 Å². The molecule has 1 aromatic heterocycles. The van der Waals surface area contributed by atoms with Gasteiger partial charge in [-0.2, -0.15) is 0 Å². The molecule has 1 amide bonds. The van der Waals surface area contributed by atoms with Crippen LogP contribution in [-0.2, 0) is 22.7 Å². The van der Waals surface area contributed by atoms with Crippen molar-refractivity contribution in [2.24, 2.45) is 18.4 Å². The van der Waals surface area contributed by atoms with Crippen LogP contribution in [0, 0.1) is 11.3 Å². The van der Waals surface area contributed by atoms with Crippen molar-refractivity contribution < 1.29 is 9.22 Å². The average Bonchev–Trinajstić information content (AvgIpc) is 2.81. The number of aryl methyl sites for hydroxylation is 1. The molecule has 1 fully saturated rings. The van der Waals surface area contributed by atoms with Crippen LogP contribution in [0.3, 0.4) is 0 Å². The molecule has 0 saturated carbocycles. The second-order valence-electron chi connectivity index (χ2n) is 7.82. The van der Waals surface area contributed by atoms with Gasteiger partial charge in [0.15, 0.2) is 14.9 Å².